The minimum Gasteiger partial charge on any atom is -0.334 e. The van der Waals surface area contributed by atoms with E-state index in [1.807, 2.05) is 0 Å². The number of nitrogens with zero attached hydrogens (tertiary/aromatic N) is 1. The molecule has 0 unspecified atom stereocenters. The van der Waals surface area contributed by atoms with Gasteiger partial charge in [-0.05, 0) is 36.9 Å². The van der Waals surface area contributed by atoms with Gasteiger partial charge in [0.1, 0.15) is 5.82 Å². The normalized spacial score (nSPS) is 11.0. The number of anilines is 1. The van der Waals surface area contributed by atoms with Crippen LogP contribution in [-0.2, 0) is 16.6 Å². The third-order valence-corrected chi connectivity index (χ3v) is 4.29. The molecule has 0 atom stereocenters. The molecule has 0 bridgehead atoms. The standard InChI is InChI=1S/C14H16N4O3S/c1-15-22(20,21)12-7-5-11(6-8-12)10-17-14(19)18-13-4-2-3-9-16-13/h2-9,15H,10H2,1H3,(H2,16,17,18,19). The Morgan fingerprint density at radius 2 is 1.86 bits per heavy atom. The van der Waals surface area contributed by atoms with Crippen molar-refractivity contribution in [3.8, 4) is 0 Å². The van der Waals surface area contributed by atoms with Crippen LogP contribution in [-0.4, -0.2) is 26.5 Å². The van der Waals surface area contributed by atoms with E-state index in [1.54, 1.807) is 36.5 Å². The first kappa shape index (κ1) is 15.9. The SMILES string of the molecule is CNS(=O)(=O)c1ccc(CNC(=O)Nc2ccccn2)cc1. The monoisotopic (exact) mass is 320 g/mol. The number of benzene rings is 1. The Morgan fingerprint density at radius 1 is 1.14 bits per heavy atom. The summed E-state index contributed by atoms with van der Waals surface area (Å²) in [6.07, 6.45) is 1.58. The molecule has 3 N–H and O–H groups in total. The smallest absolute Gasteiger partial charge is 0.320 e. The lowest BCUT2D eigenvalue weighted by Gasteiger charge is -2.08. The fourth-order valence-corrected chi connectivity index (χ4v) is 2.41. The van der Waals surface area contributed by atoms with Crippen molar-refractivity contribution in [3.63, 3.8) is 0 Å². The van der Waals surface area contributed by atoms with Crippen molar-refractivity contribution in [1.82, 2.24) is 15.0 Å². The summed E-state index contributed by atoms with van der Waals surface area (Å²) >= 11 is 0. The van der Waals surface area contributed by atoms with Gasteiger partial charge in [0, 0.05) is 12.7 Å². The summed E-state index contributed by atoms with van der Waals surface area (Å²) in [6.45, 7) is 0.276. The molecule has 1 heterocycles. The highest BCUT2D eigenvalue weighted by atomic mass is 32.2. The first-order valence-electron chi connectivity index (χ1n) is 6.49. The Kier molecular flexibility index (Phi) is 5.08. The summed E-state index contributed by atoms with van der Waals surface area (Å²) in [7, 11) is -2.09. The fraction of sp³-hybridized carbons (Fsp3) is 0.143. The summed E-state index contributed by atoms with van der Waals surface area (Å²) in [4.78, 5) is 15.8. The maximum atomic E-state index is 11.7. The molecule has 0 spiro atoms. The van der Waals surface area contributed by atoms with E-state index in [1.165, 1.54) is 19.2 Å². The second kappa shape index (κ2) is 7.01. The number of nitrogens with one attached hydrogen (secondary N) is 3. The fourth-order valence-electron chi connectivity index (χ4n) is 1.68. The molecule has 0 aliphatic rings. The molecule has 1 aromatic carbocycles. The highest BCUT2D eigenvalue weighted by molar-refractivity contribution is 7.89. The number of carbonyl (C=O) groups excluding carboxylic acids is 1. The van der Waals surface area contributed by atoms with E-state index in [4.69, 9.17) is 0 Å². The Morgan fingerprint density at radius 3 is 2.45 bits per heavy atom. The number of aromatic nitrogens is 1. The number of carbonyl (C=O) groups is 1. The topological polar surface area (TPSA) is 100 Å². The zero-order chi connectivity index (χ0) is 16.0. The third-order valence-electron chi connectivity index (χ3n) is 2.86. The van der Waals surface area contributed by atoms with Gasteiger partial charge in [-0.15, -0.1) is 0 Å². The van der Waals surface area contributed by atoms with Crippen LogP contribution in [0.5, 0.6) is 0 Å². The first-order chi connectivity index (χ1) is 10.5. The second-order valence-electron chi connectivity index (χ2n) is 4.37. The molecule has 0 aliphatic heterocycles. The Labute approximate surface area is 128 Å². The third kappa shape index (κ3) is 4.27. The molecule has 2 amide bonds. The van der Waals surface area contributed by atoms with E-state index in [9.17, 15) is 13.2 Å². The molecule has 2 rings (SSSR count). The summed E-state index contributed by atoms with van der Waals surface area (Å²) in [5.74, 6) is 0.454. The molecule has 22 heavy (non-hydrogen) atoms. The lowest BCUT2D eigenvalue weighted by atomic mass is 10.2. The van der Waals surface area contributed by atoms with Gasteiger partial charge in [0.05, 0.1) is 4.90 Å². The molecule has 8 heteroatoms. The molecule has 0 aliphatic carbocycles. The van der Waals surface area contributed by atoms with Crippen molar-refractivity contribution >= 4 is 21.9 Å². The number of pyridine rings is 1. The minimum absolute atomic E-state index is 0.177. The quantitative estimate of drug-likeness (QED) is 0.773. The van der Waals surface area contributed by atoms with E-state index in [0.717, 1.165) is 5.56 Å². The number of amides is 2. The van der Waals surface area contributed by atoms with Crippen molar-refractivity contribution in [2.45, 2.75) is 11.4 Å². The number of urea groups is 1. The van der Waals surface area contributed by atoms with Crippen LogP contribution < -0.4 is 15.4 Å². The van der Waals surface area contributed by atoms with E-state index >= 15 is 0 Å². The zero-order valence-corrected chi connectivity index (χ0v) is 12.7. The molecular weight excluding hydrogens is 304 g/mol. The Hall–Kier alpha value is -2.45. The van der Waals surface area contributed by atoms with Gasteiger partial charge in [-0.1, -0.05) is 18.2 Å². The van der Waals surface area contributed by atoms with Crippen LogP contribution in [0.15, 0.2) is 53.6 Å². The first-order valence-corrected chi connectivity index (χ1v) is 7.98. The molecular formula is C14H16N4O3S. The highest BCUT2D eigenvalue weighted by Gasteiger charge is 2.10. The summed E-state index contributed by atoms with van der Waals surface area (Å²) in [5, 5.41) is 5.25. The van der Waals surface area contributed by atoms with E-state index < -0.39 is 10.0 Å². The van der Waals surface area contributed by atoms with Crippen molar-refractivity contribution in [2.24, 2.45) is 0 Å². The van der Waals surface area contributed by atoms with Crippen LogP contribution in [0.3, 0.4) is 0 Å². The minimum atomic E-state index is -3.44. The Balaban J connectivity index is 1.91. The lowest BCUT2D eigenvalue weighted by molar-refractivity contribution is 0.251. The largest absolute Gasteiger partial charge is 0.334 e. The van der Waals surface area contributed by atoms with Crippen LogP contribution in [0.4, 0.5) is 10.6 Å². The second-order valence-corrected chi connectivity index (χ2v) is 6.26. The maximum absolute atomic E-state index is 11.7. The maximum Gasteiger partial charge on any atom is 0.320 e. The van der Waals surface area contributed by atoms with Crippen molar-refractivity contribution in [1.29, 1.82) is 0 Å². The van der Waals surface area contributed by atoms with Crippen molar-refractivity contribution in [2.75, 3.05) is 12.4 Å². The van der Waals surface area contributed by atoms with Gasteiger partial charge in [-0.25, -0.2) is 22.9 Å². The molecule has 0 radical (unpaired) electrons. The van der Waals surface area contributed by atoms with Crippen LogP contribution in [0.25, 0.3) is 0 Å². The van der Waals surface area contributed by atoms with Gasteiger partial charge in [0.2, 0.25) is 10.0 Å². The van der Waals surface area contributed by atoms with Crippen molar-refractivity contribution in [3.05, 3.63) is 54.2 Å². The van der Waals surface area contributed by atoms with E-state index in [2.05, 4.69) is 20.3 Å². The summed E-state index contributed by atoms with van der Waals surface area (Å²) in [6, 6.07) is 11.1. The molecule has 0 saturated carbocycles. The van der Waals surface area contributed by atoms with Gasteiger partial charge in [0.15, 0.2) is 0 Å². The summed E-state index contributed by atoms with van der Waals surface area (Å²) < 4.78 is 25.4. The van der Waals surface area contributed by atoms with Gasteiger partial charge < -0.3 is 5.32 Å². The predicted octanol–water partition coefficient (Wildman–Crippen LogP) is 1.31. The van der Waals surface area contributed by atoms with Gasteiger partial charge in [0.25, 0.3) is 0 Å². The average molecular weight is 320 g/mol. The van der Waals surface area contributed by atoms with Crippen LogP contribution in [0, 0.1) is 0 Å². The molecule has 2 aromatic rings. The van der Waals surface area contributed by atoms with Gasteiger partial charge in [-0.3, -0.25) is 5.32 Å². The number of rotatable bonds is 5. The predicted molar refractivity (Wildman–Crippen MR) is 82.8 cm³/mol. The Bertz CT molecular complexity index is 730. The molecule has 0 fully saturated rings. The van der Waals surface area contributed by atoms with Crippen molar-refractivity contribution < 1.29 is 13.2 Å². The van der Waals surface area contributed by atoms with Crippen LogP contribution >= 0.6 is 0 Å². The molecule has 1 aromatic heterocycles. The number of sulfonamides is 1. The molecule has 0 saturated heterocycles. The highest BCUT2D eigenvalue weighted by Crippen LogP contribution is 2.10. The van der Waals surface area contributed by atoms with E-state index in [0.29, 0.717) is 5.82 Å². The van der Waals surface area contributed by atoms with Gasteiger partial charge >= 0.3 is 6.03 Å². The average Bonchev–Trinajstić information content (AvgIpc) is 2.54. The lowest BCUT2D eigenvalue weighted by Crippen LogP contribution is -2.28. The van der Waals surface area contributed by atoms with Crippen LogP contribution in [0.2, 0.25) is 0 Å². The molecule has 116 valence electrons. The van der Waals surface area contributed by atoms with Crippen LogP contribution in [0.1, 0.15) is 5.56 Å². The number of hydrogen-bond acceptors (Lipinski definition) is 4. The van der Waals surface area contributed by atoms with Gasteiger partial charge in [-0.2, -0.15) is 0 Å². The number of hydrogen-bond donors (Lipinski definition) is 3. The van der Waals surface area contributed by atoms with E-state index in [-0.39, 0.29) is 17.5 Å². The zero-order valence-electron chi connectivity index (χ0n) is 11.9. The molecule has 7 nitrogen and oxygen atoms in total. The summed E-state index contributed by atoms with van der Waals surface area (Å²) in [5.41, 5.74) is 0.784.